The van der Waals surface area contributed by atoms with E-state index in [1.165, 1.54) is 23.7 Å². The number of carboxylic acid groups (broad SMARTS) is 1. The van der Waals surface area contributed by atoms with Gasteiger partial charge >= 0.3 is 5.97 Å². The van der Waals surface area contributed by atoms with Crippen LogP contribution in [0, 0.1) is 0 Å². The molecule has 1 saturated carbocycles. The molecule has 3 aromatic rings. The van der Waals surface area contributed by atoms with Crippen molar-refractivity contribution in [1.29, 1.82) is 0 Å². The van der Waals surface area contributed by atoms with Crippen LogP contribution >= 0.6 is 11.6 Å². The molecule has 1 fully saturated rings. The molecule has 12 heteroatoms. The molecular formula is C19H19ClF2N6O3. The molecule has 0 aliphatic heterocycles. The number of hydrogen-bond acceptors (Lipinski definition) is 6. The number of carbonyl (C=O) groups is 1. The lowest BCUT2D eigenvalue weighted by molar-refractivity contribution is -0.140. The zero-order chi connectivity index (χ0) is 22.3. The first-order chi connectivity index (χ1) is 14.6. The third-order valence-corrected chi connectivity index (χ3v) is 5.67. The van der Waals surface area contributed by atoms with Crippen LogP contribution in [0.2, 0.25) is 5.02 Å². The topological polar surface area (TPSA) is 114 Å². The molecule has 0 bridgehead atoms. The van der Waals surface area contributed by atoms with E-state index in [9.17, 15) is 18.4 Å². The van der Waals surface area contributed by atoms with Gasteiger partial charge in [0.05, 0.1) is 16.9 Å². The van der Waals surface area contributed by atoms with E-state index in [1.54, 1.807) is 6.20 Å². The van der Waals surface area contributed by atoms with Crippen LogP contribution in [0.1, 0.15) is 38.6 Å². The van der Waals surface area contributed by atoms with Gasteiger partial charge in [0.1, 0.15) is 17.9 Å². The Morgan fingerprint density at radius 3 is 2.77 bits per heavy atom. The monoisotopic (exact) mass is 452 g/mol. The second kappa shape index (κ2) is 7.88. The van der Waals surface area contributed by atoms with Crippen molar-refractivity contribution in [2.24, 2.45) is 0 Å². The normalized spacial score (nSPS) is 17.5. The van der Waals surface area contributed by atoms with E-state index in [4.69, 9.17) is 16.7 Å². The van der Waals surface area contributed by atoms with E-state index in [1.807, 2.05) is 0 Å². The Morgan fingerprint density at radius 2 is 2.10 bits per heavy atom. The number of anilines is 1. The quantitative estimate of drug-likeness (QED) is 0.610. The second-order valence-corrected chi connectivity index (χ2v) is 7.99. The Labute approximate surface area is 179 Å². The van der Waals surface area contributed by atoms with Gasteiger partial charge in [-0.2, -0.15) is 5.10 Å². The maximum atomic E-state index is 13.4. The lowest BCUT2D eigenvalue weighted by Crippen LogP contribution is -2.32. The number of aromatic nitrogens is 5. The fourth-order valence-corrected chi connectivity index (χ4v) is 3.73. The van der Waals surface area contributed by atoms with Crippen molar-refractivity contribution < 1.29 is 18.7 Å². The van der Waals surface area contributed by atoms with Crippen molar-refractivity contribution in [1.82, 2.24) is 24.1 Å². The van der Waals surface area contributed by atoms with Gasteiger partial charge in [-0.3, -0.25) is 9.36 Å². The van der Waals surface area contributed by atoms with E-state index < -0.39 is 23.5 Å². The standard InChI is InChI=1S/C19H19ClF2N6O3/c1-10(17(30)31)27-9-24-28-8-11(6-14(28)16(27)29)15-13(20)7-23-18(26-15)25-12-2-4-19(21,22)5-3-12/h6-10,12H,2-5H2,1H3,(H,30,31)(H,23,25,26)/t10-/m1/s1. The summed E-state index contributed by atoms with van der Waals surface area (Å²) in [6, 6.07) is 0.261. The summed E-state index contributed by atoms with van der Waals surface area (Å²) >= 11 is 6.26. The maximum absolute atomic E-state index is 13.4. The number of nitrogens with one attached hydrogen (secondary N) is 1. The molecule has 0 radical (unpaired) electrons. The smallest absolute Gasteiger partial charge is 0.326 e. The summed E-state index contributed by atoms with van der Waals surface area (Å²) in [5, 5.41) is 16.6. The summed E-state index contributed by atoms with van der Waals surface area (Å²) in [7, 11) is 0. The van der Waals surface area contributed by atoms with Crippen molar-refractivity contribution in [3.8, 4) is 11.3 Å². The highest BCUT2D eigenvalue weighted by atomic mass is 35.5. The summed E-state index contributed by atoms with van der Waals surface area (Å²) in [6.45, 7) is 1.38. The van der Waals surface area contributed by atoms with Crippen LogP contribution in [-0.2, 0) is 4.79 Å². The Kier molecular flexibility index (Phi) is 5.38. The van der Waals surface area contributed by atoms with Crippen molar-refractivity contribution in [3.63, 3.8) is 0 Å². The minimum atomic E-state index is -2.63. The molecule has 0 aromatic carbocycles. The number of nitrogens with zero attached hydrogens (tertiary/aromatic N) is 5. The number of alkyl halides is 2. The Hall–Kier alpha value is -3.08. The van der Waals surface area contributed by atoms with Crippen LogP contribution in [0.5, 0.6) is 0 Å². The summed E-state index contributed by atoms with van der Waals surface area (Å²) in [6.07, 6.45) is 4.32. The fourth-order valence-electron chi connectivity index (χ4n) is 3.53. The highest BCUT2D eigenvalue weighted by molar-refractivity contribution is 6.32. The molecule has 0 spiro atoms. The Balaban J connectivity index is 1.65. The molecule has 3 heterocycles. The fraction of sp³-hybridized carbons (Fsp3) is 0.421. The second-order valence-electron chi connectivity index (χ2n) is 7.58. The summed E-state index contributed by atoms with van der Waals surface area (Å²) < 4.78 is 29.1. The maximum Gasteiger partial charge on any atom is 0.326 e. The highest BCUT2D eigenvalue weighted by Crippen LogP contribution is 2.34. The first-order valence-corrected chi connectivity index (χ1v) is 10.0. The van der Waals surface area contributed by atoms with Crippen LogP contribution in [0.15, 0.2) is 29.6 Å². The molecule has 164 valence electrons. The molecule has 0 unspecified atom stereocenters. The van der Waals surface area contributed by atoms with Crippen LogP contribution in [0.25, 0.3) is 16.8 Å². The number of carboxylic acids is 1. The van der Waals surface area contributed by atoms with Crippen LogP contribution in [-0.4, -0.2) is 47.2 Å². The molecule has 0 amide bonds. The third-order valence-electron chi connectivity index (χ3n) is 5.40. The molecule has 9 nitrogen and oxygen atoms in total. The molecule has 31 heavy (non-hydrogen) atoms. The van der Waals surface area contributed by atoms with Crippen LogP contribution in [0.3, 0.4) is 0 Å². The number of hydrogen-bond donors (Lipinski definition) is 2. The minimum Gasteiger partial charge on any atom is -0.480 e. The van der Waals surface area contributed by atoms with Gasteiger partial charge in [-0.1, -0.05) is 11.6 Å². The van der Waals surface area contributed by atoms with Crippen molar-refractivity contribution in [3.05, 3.63) is 40.2 Å². The molecule has 0 saturated heterocycles. The van der Waals surface area contributed by atoms with Gasteiger partial charge in [0.25, 0.3) is 5.56 Å². The van der Waals surface area contributed by atoms with Gasteiger partial charge in [0, 0.05) is 30.6 Å². The Bertz CT molecular complexity index is 1200. The van der Waals surface area contributed by atoms with Crippen molar-refractivity contribution >= 4 is 29.0 Å². The van der Waals surface area contributed by atoms with Gasteiger partial charge < -0.3 is 10.4 Å². The lowest BCUT2D eigenvalue weighted by Gasteiger charge is -2.28. The van der Waals surface area contributed by atoms with E-state index in [2.05, 4.69) is 20.4 Å². The summed E-state index contributed by atoms with van der Waals surface area (Å²) in [5.74, 6) is -3.54. The first-order valence-electron chi connectivity index (χ1n) is 9.64. The SMILES string of the molecule is C[C@H](C(=O)O)n1cnn2cc(-c3nc(NC4CCC(F)(F)CC4)ncc3Cl)cc2c1=O. The summed E-state index contributed by atoms with van der Waals surface area (Å²) in [4.78, 5) is 32.4. The average Bonchev–Trinajstić information content (AvgIpc) is 3.16. The largest absolute Gasteiger partial charge is 0.480 e. The number of rotatable bonds is 5. The van der Waals surface area contributed by atoms with Crippen LogP contribution < -0.4 is 10.9 Å². The van der Waals surface area contributed by atoms with E-state index >= 15 is 0 Å². The Morgan fingerprint density at radius 1 is 1.39 bits per heavy atom. The van der Waals surface area contributed by atoms with Gasteiger partial charge in [0.2, 0.25) is 11.9 Å². The number of halogens is 3. The van der Waals surface area contributed by atoms with Crippen LogP contribution in [0.4, 0.5) is 14.7 Å². The van der Waals surface area contributed by atoms with E-state index in [-0.39, 0.29) is 35.4 Å². The predicted octanol–water partition coefficient (Wildman–Crippen LogP) is 3.24. The van der Waals surface area contributed by atoms with E-state index in [0.717, 1.165) is 10.9 Å². The third kappa shape index (κ3) is 4.22. The molecule has 1 atom stereocenters. The summed E-state index contributed by atoms with van der Waals surface area (Å²) in [5.41, 5.74) is 0.450. The van der Waals surface area contributed by atoms with Gasteiger partial charge in [-0.05, 0) is 25.8 Å². The zero-order valence-electron chi connectivity index (χ0n) is 16.4. The van der Waals surface area contributed by atoms with Gasteiger partial charge in [0.15, 0.2) is 0 Å². The molecule has 1 aliphatic rings. The zero-order valence-corrected chi connectivity index (χ0v) is 17.2. The van der Waals surface area contributed by atoms with E-state index in [0.29, 0.717) is 24.1 Å². The number of aliphatic carboxylic acids is 1. The van der Waals surface area contributed by atoms with Crippen molar-refractivity contribution in [2.75, 3.05) is 5.32 Å². The molecule has 1 aliphatic carbocycles. The van der Waals surface area contributed by atoms with Crippen molar-refractivity contribution in [2.45, 2.75) is 50.6 Å². The molecule has 3 aromatic heterocycles. The van der Waals surface area contributed by atoms with Gasteiger partial charge in [-0.25, -0.2) is 28.1 Å². The molecule has 2 N–H and O–H groups in total. The highest BCUT2D eigenvalue weighted by Gasteiger charge is 2.35. The molecular weight excluding hydrogens is 434 g/mol. The minimum absolute atomic E-state index is 0.157. The predicted molar refractivity (Wildman–Crippen MR) is 109 cm³/mol. The molecule has 4 rings (SSSR count). The average molecular weight is 453 g/mol. The first kappa shape index (κ1) is 21.2. The lowest BCUT2D eigenvalue weighted by atomic mass is 9.92. The van der Waals surface area contributed by atoms with Gasteiger partial charge in [-0.15, -0.1) is 0 Å². The number of fused-ring (bicyclic) bond motifs is 1.